The molecule has 1 unspecified atom stereocenters. The molecule has 8 rings (SSSR count). The summed E-state index contributed by atoms with van der Waals surface area (Å²) in [6.07, 6.45) is 1.71. The Bertz CT molecular complexity index is 2360. The molecule has 3 atom stereocenters. The highest BCUT2D eigenvalue weighted by Gasteiger charge is 2.40. The molecule has 4 aromatic rings. The molecule has 0 bridgehead atoms. The van der Waals surface area contributed by atoms with Crippen LogP contribution in [0.3, 0.4) is 0 Å². The van der Waals surface area contributed by atoms with Gasteiger partial charge in [0.25, 0.3) is 12.0 Å². The van der Waals surface area contributed by atoms with Crippen molar-refractivity contribution in [2.45, 2.75) is 93.3 Å². The van der Waals surface area contributed by atoms with E-state index in [1.807, 2.05) is 36.4 Å². The molecule has 308 valence electrons. The molecule has 3 aliphatic heterocycles. The fourth-order valence-electron chi connectivity index (χ4n) is 8.91. The number of halogens is 2. The summed E-state index contributed by atoms with van der Waals surface area (Å²) in [4.78, 5) is 51.1. The van der Waals surface area contributed by atoms with E-state index in [1.165, 1.54) is 15.1 Å². The van der Waals surface area contributed by atoms with E-state index in [0.717, 1.165) is 49.1 Å². The van der Waals surface area contributed by atoms with Crippen LogP contribution >= 0.6 is 0 Å². The largest absolute Gasteiger partial charge is 0.388 e. The minimum atomic E-state index is -3.75. The summed E-state index contributed by atoms with van der Waals surface area (Å²) < 4.78 is 57.7. The van der Waals surface area contributed by atoms with Crippen molar-refractivity contribution >= 4 is 44.5 Å². The van der Waals surface area contributed by atoms with Gasteiger partial charge in [0.1, 0.15) is 5.65 Å². The van der Waals surface area contributed by atoms with E-state index in [4.69, 9.17) is 0 Å². The van der Waals surface area contributed by atoms with E-state index in [0.29, 0.717) is 51.5 Å². The predicted octanol–water partition coefficient (Wildman–Crippen LogP) is 4.31. The number of carbonyl (C=O) groups excluding carboxylic acids is 2. The lowest BCUT2D eigenvalue weighted by Gasteiger charge is -2.36. The summed E-state index contributed by atoms with van der Waals surface area (Å²) in [6.45, 7) is 6.06. The second-order valence-electron chi connectivity index (χ2n) is 16.1. The van der Waals surface area contributed by atoms with Crippen molar-refractivity contribution in [3.63, 3.8) is 0 Å². The number of fused-ring (bicyclic) bond motifs is 1. The van der Waals surface area contributed by atoms with Gasteiger partial charge < -0.3 is 15.3 Å². The van der Waals surface area contributed by atoms with Gasteiger partial charge in [0.15, 0.2) is 0 Å². The van der Waals surface area contributed by atoms with Crippen molar-refractivity contribution in [1.82, 2.24) is 29.1 Å². The summed E-state index contributed by atoms with van der Waals surface area (Å²) in [5.74, 6) is -0.598. The minimum absolute atomic E-state index is 0.166. The molecule has 14 nitrogen and oxygen atoms in total. The molecule has 4 fully saturated rings. The fourth-order valence-corrected chi connectivity index (χ4v) is 10.4. The summed E-state index contributed by atoms with van der Waals surface area (Å²) in [7, 11) is -3.75. The third-order valence-corrected chi connectivity index (χ3v) is 14.1. The van der Waals surface area contributed by atoms with Crippen LogP contribution < -0.4 is 21.1 Å². The first-order chi connectivity index (χ1) is 27.8. The maximum Gasteiger partial charge on any atom is 0.269 e. The molecule has 58 heavy (non-hydrogen) atoms. The van der Waals surface area contributed by atoms with E-state index < -0.39 is 39.2 Å². The van der Waals surface area contributed by atoms with Crippen LogP contribution in [0.15, 0.2) is 70.5 Å². The Morgan fingerprint density at radius 1 is 0.966 bits per heavy atom. The predicted molar refractivity (Wildman–Crippen MR) is 213 cm³/mol. The Morgan fingerprint density at radius 2 is 1.71 bits per heavy atom. The van der Waals surface area contributed by atoms with Gasteiger partial charge in [-0.2, -0.15) is 9.29 Å². The Hall–Kier alpha value is -4.84. The van der Waals surface area contributed by atoms with E-state index >= 15 is 0 Å². The van der Waals surface area contributed by atoms with Gasteiger partial charge in [0, 0.05) is 75.5 Å². The first-order valence-electron chi connectivity index (χ1n) is 20.0. The highest BCUT2D eigenvalue weighted by atomic mass is 32.2. The van der Waals surface area contributed by atoms with Crippen LogP contribution in [0.4, 0.5) is 20.4 Å². The number of sulfonamides is 1. The third-order valence-electron chi connectivity index (χ3n) is 12.2. The van der Waals surface area contributed by atoms with Crippen molar-refractivity contribution in [2.24, 2.45) is 0 Å². The number of anilines is 2. The first-order valence-corrected chi connectivity index (χ1v) is 21.4. The van der Waals surface area contributed by atoms with Crippen molar-refractivity contribution in [2.75, 3.05) is 49.5 Å². The highest BCUT2D eigenvalue weighted by molar-refractivity contribution is 7.89. The zero-order valence-corrected chi connectivity index (χ0v) is 33.1. The van der Waals surface area contributed by atoms with Crippen LogP contribution in [-0.2, 0) is 26.2 Å². The number of piperazine rings is 1. The van der Waals surface area contributed by atoms with Crippen LogP contribution in [0.25, 0.3) is 11.0 Å². The molecule has 1 aliphatic carbocycles. The highest BCUT2D eigenvalue weighted by Crippen LogP contribution is 2.40. The summed E-state index contributed by atoms with van der Waals surface area (Å²) in [5, 5.41) is 17.0. The van der Waals surface area contributed by atoms with Crippen LogP contribution in [0.1, 0.15) is 86.9 Å². The second-order valence-corrected chi connectivity index (χ2v) is 18.1. The summed E-state index contributed by atoms with van der Waals surface area (Å²) in [5.41, 5.74) is 0.342. The van der Waals surface area contributed by atoms with Gasteiger partial charge in [0.05, 0.1) is 28.0 Å². The van der Waals surface area contributed by atoms with E-state index in [2.05, 4.69) is 30.4 Å². The maximum absolute atomic E-state index is 13.9. The van der Waals surface area contributed by atoms with Gasteiger partial charge in [-0.25, -0.2) is 22.2 Å². The molecule has 3 N–H and O–H groups in total. The molecule has 0 radical (unpaired) electrons. The van der Waals surface area contributed by atoms with Gasteiger partial charge >= 0.3 is 0 Å². The smallest absolute Gasteiger partial charge is 0.269 e. The second kappa shape index (κ2) is 16.1. The van der Waals surface area contributed by atoms with Gasteiger partial charge in [-0.05, 0) is 86.9 Å². The molecule has 2 amide bonds. The number of hydrogen-bond acceptors (Lipinski definition) is 11. The van der Waals surface area contributed by atoms with Crippen molar-refractivity contribution < 1.29 is 31.9 Å². The van der Waals surface area contributed by atoms with Crippen molar-refractivity contribution in [1.29, 1.82) is 0 Å². The number of piperidine rings is 2. The molecular weight excluding hydrogens is 771 g/mol. The Labute approximate surface area is 335 Å². The molecule has 0 spiro atoms. The first kappa shape index (κ1) is 40.0. The van der Waals surface area contributed by atoms with Crippen molar-refractivity contribution in [3.8, 4) is 0 Å². The van der Waals surface area contributed by atoms with Gasteiger partial charge in [-0.3, -0.25) is 29.2 Å². The molecule has 5 heterocycles. The zero-order chi connectivity index (χ0) is 40.8. The Morgan fingerprint density at radius 3 is 2.38 bits per heavy atom. The normalized spacial score (nSPS) is 24.1. The van der Waals surface area contributed by atoms with Crippen LogP contribution in [0.2, 0.25) is 0 Å². The number of rotatable bonds is 10. The quantitative estimate of drug-likeness (QED) is 0.195. The fraction of sp³-hybridized carbons (Fsp3) is 0.488. The number of amides is 2. The molecule has 2 aromatic carbocycles. The van der Waals surface area contributed by atoms with Crippen molar-refractivity contribution in [3.05, 3.63) is 87.8 Å². The zero-order valence-electron chi connectivity index (χ0n) is 32.3. The van der Waals surface area contributed by atoms with Crippen LogP contribution in [-0.4, -0.2) is 100.0 Å². The number of aliphatic hydroxyl groups is 1. The summed E-state index contributed by atoms with van der Waals surface area (Å²) >= 11 is 0. The number of benzene rings is 2. The number of imide groups is 1. The molecule has 1 saturated carbocycles. The number of aromatic nitrogens is 3. The lowest BCUT2D eigenvalue weighted by Crippen LogP contribution is -2.46. The number of pyridine rings is 1. The van der Waals surface area contributed by atoms with Gasteiger partial charge in [-0.1, -0.05) is 24.3 Å². The van der Waals surface area contributed by atoms with Gasteiger partial charge in [-0.15, -0.1) is 0 Å². The van der Waals surface area contributed by atoms with E-state index in [9.17, 15) is 36.7 Å². The number of hydrogen-bond donors (Lipinski definition) is 3. The monoisotopic (exact) mass is 818 g/mol. The summed E-state index contributed by atoms with van der Waals surface area (Å²) in [6, 6.07) is 15.3. The molecule has 17 heteroatoms. The molecule has 3 saturated heterocycles. The topological polar surface area (TPSA) is 170 Å². The molecule has 2 aromatic heterocycles. The van der Waals surface area contributed by atoms with Crippen LogP contribution in [0, 0.1) is 0 Å². The van der Waals surface area contributed by atoms with E-state index in [-0.39, 0.29) is 58.7 Å². The lowest BCUT2D eigenvalue weighted by molar-refractivity contribution is -0.134. The standard InChI is InChI=1S/C41H48F2N8O6S/c1-41(55)15-3-6-34(41)51-37-28(23-33(36(42)43)39(51)54)24-44-40(47-37)45-29-13-16-50(17-14-29)58(56,57)31-9-7-26(8-10-31)25-48-18-20-49(21-19-48)30-5-2-4-27(22-30)32-11-12-35(52)46-38(32)53/h2,4-5,7-10,22-24,29,32,34,36,55H,3,6,11-21,25H2,1H3,(H,44,45,47)(H,46,52,53)/t32?,34-,41-/m1/s1. The Kier molecular flexibility index (Phi) is 11.1. The number of nitrogens with one attached hydrogen (secondary N) is 2. The molecular formula is C41H48F2N8O6S. The lowest BCUT2D eigenvalue weighted by atomic mass is 9.90. The van der Waals surface area contributed by atoms with E-state index in [1.54, 1.807) is 19.1 Å². The SMILES string of the molecule is C[C@@]1(O)CCC[C@H]1n1c(=O)c(C(F)F)cc2cnc(NC3CCN(S(=O)(=O)c4ccc(CN5CCN(c6cccc(C7CCC(=O)NC7=O)c6)CC5)cc4)CC3)nc21. The maximum atomic E-state index is 13.9. The number of carbonyl (C=O) groups is 2. The average molecular weight is 819 g/mol. The number of nitrogens with zero attached hydrogens (tertiary/aromatic N) is 6. The van der Waals surface area contributed by atoms with Crippen LogP contribution in [0.5, 0.6) is 0 Å². The molecule has 4 aliphatic rings. The Balaban J connectivity index is 0.856. The minimum Gasteiger partial charge on any atom is -0.388 e. The average Bonchev–Trinajstić information content (AvgIpc) is 3.56. The number of alkyl halides is 2. The van der Waals surface area contributed by atoms with Gasteiger partial charge in [0.2, 0.25) is 27.8 Å². The third kappa shape index (κ3) is 8.09.